The van der Waals surface area contributed by atoms with E-state index in [0.29, 0.717) is 5.02 Å². The maximum Gasteiger partial charge on any atom is 0.137 e. The van der Waals surface area contributed by atoms with Crippen LogP contribution < -0.4 is 5.32 Å². The molecule has 1 aromatic heterocycles. The van der Waals surface area contributed by atoms with E-state index < -0.39 is 0 Å². The highest BCUT2D eigenvalue weighted by Gasteiger charge is 2.10. The van der Waals surface area contributed by atoms with Crippen LogP contribution in [0.15, 0.2) is 48.8 Å². The van der Waals surface area contributed by atoms with Crippen LogP contribution in [-0.4, -0.2) is 9.97 Å². The molecule has 2 aromatic carbocycles. The van der Waals surface area contributed by atoms with Crippen molar-refractivity contribution in [3.05, 3.63) is 64.4 Å². The highest BCUT2D eigenvalue weighted by Crippen LogP contribution is 2.28. The summed E-state index contributed by atoms with van der Waals surface area (Å²) in [6.45, 7) is 2.07. The van der Waals surface area contributed by atoms with Gasteiger partial charge in [-0.15, -0.1) is 0 Å². The van der Waals surface area contributed by atoms with Crippen LogP contribution in [0.1, 0.15) is 18.5 Å². The lowest BCUT2D eigenvalue weighted by molar-refractivity contribution is 0.876. The van der Waals surface area contributed by atoms with Gasteiger partial charge < -0.3 is 5.32 Å². The van der Waals surface area contributed by atoms with E-state index in [0.717, 1.165) is 27.3 Å². The van der Waals surface area contributed by atoms with E-state index in [-0.39, 0.29) is 6.04 Å². The summed E-state index contributed by atoms with van der Waals surface area (Å²) in [4.78, 5) is 8.56. The molecule has 0 radical (unpaired) electrons. The number of halogens is 2. The lowest BCUT2D eigenvalue weighted by atomic mass is 10.1. The van der Waals surface area contributed by atoms with Crippen LogP contribution in [0.5, 0.6) is 0 Å². The third-order valence-corrected chi connectivity index (χ3v) is 3.90. The van der Waals surface area contributed by atoms with Gasteiger partial charge in [-0.2, -0.15) is 0 Å². The first-order valence-corrected chi connectivity index (χ1v) is 7.32. The Morgan fingerprint density at radius 3 is 2.52 bits per heavy atom. The van der Waals surface area contributed by atoms with Gasteiger partial charge in [0.2, 0.25) is 0 Å². The fourth-order valence-electron chi connectivity index (χ4n) is 2.21. The molecule has 0 amide bonds. The van der Waals surface area contributed by atoms with E-state index in [2.05, 4.69) is 22.2 Å². The van der Waals surface area contributed by atoms with Gasteiger partial charge in [-0.3, -0.25) is 0 Å². The molecule has 3 aromatic rings. The number of benzene rings is 2. The van der Waals surface area contributed by atoms with E-state index in [1.807, 2.05) is 42.5 Å². The lowest BCUT2D eigenvalue weighted by Crippen LogP contribution is -2.08. The van der Waals surface area contributed by atoms with Gasteiger partial charge >= 0.3 is 0 Å². The Labute approximate surface area is 132 Å². The lowest BCUT2D eigenvalue weighted by Gasteiger charge is -2.16. The molecule has 0 fully saturated rings. The molecule has 1 N–H and O–H groups in total. The average molecular weight is 318 g/mol. The van der Waals surface area contributed by atoms with Crippen molar-refractivity contribution in [2.45, 2.75) is 13.0 Å². The van der Waals surface area contributed by atoms with Gasteiger partial charge in [0, 0.05) is 16.5 Å². The molecule has 0 saturated heterocycles. The molecule has 0 aliphatic rings. The standard InChI is InChI=1S/C16H13Cl2N3/c1-10(11-5-7-12(17)8-6-11)21-16-13-3-2-4-14(18)15(13)19-9-20-16/h2-10H,1H3,(H,19,20,21). The fraction of sp³-hybridized carbons (Fsp3) is 0.125. The second-order valence-corrected chi connectivity index (χ2v) is 5.62. The SMILES string of the molecule is CC(Nc1ncnc2c(Cl)cccc12)c1ccc(Cl)cc1. The van der Waals surface area contributed by atoms with Crippen LogP contribution in [0.2, 0.25) is 10.0 Å². The molecule has 3 rings (SSSR count). The predicted molar refractivity (Wildman–Crippen MR) is 88.0 cm³/mol. The quantitative estimate of drug-likeness (QED) is 0.729. The summed E-state index contributed by atoms with van der Waals surface area (Å²) in [7, 11) is 0. The molecule has 1 atom stereocenters. The van der Waals surface area contributed by atoms with E-state index in [1.165, 1.54) is 6.33 Å². The molecule has 3 nitrogen and oxygen atoms in total. The molecular formula is C16H13Cl2N3. The predicted octanol–water partition coefficient (Wildman–Crippen LogP) is 5.11. The third kappa shape index (κ3) is 2.94. The number of nitrogens with zero attached hydrogens (tertiary/aromatic N) is 2. The minimum atomic E-state index is 0.0966. The van der Waals surface area contributed by atoms with Crippen molar-refractivity contribution in [3.63, 3.8) is 0 Å². The Hall–Kier alpha value is -1.84. The monoisotopic (exact) mass is 317 g/mol. The van der Waals surface area contributed by atoms with Gasteiger partial charge in [-0.25, -0.2) is 9.97 Å². The minimum Gasteiger partial charge on any atom is -0.363 e. The number of nitrogens with one attached hydrogen (secondary N) is 1. The molecule has 0 aliphatic carbocycles. The zero-order valence-electron chi connectivity index (χ0n) is 11.3. The summed E-state index contributed by atoms with van der Waals surface area (Å²) in [6, 6.07) is 13.5. The molecule has 1 heterocycles. The first-order chi connectivity index (χ1) is 10.1. The highest BCUT2D eigenvalue weighted by atomic mass is 35.5. The molecule has 0 aliphatic heterocycles. The zero-order valence-corrected chi connectivity index (χ0v) is 12.9. The largest absolute Gasteiger partial charge is 0.363 e. The molecular weight excluding hydrogens is 305 g/mol. The minimum absolute atomic E-state index is 0.0966. The first-order valence-electron chi connectivity index (χ1n) is 6.56. The Morgan fingerprint density at radius 1 is 1.00 bits per heavy atom. The number of fused-ring (bicyclic) bond motifs is 1. The average Bonchev–Trinajstić information content (AvgIpc) is 2.49. The fourth-order valence-corrected chi connectivity index (χ4v) is 2.56. The maximum absolute atomic E-state index is 6.17. The van der Waals surface area contributed by atoms with E-state index >= 15 is 0 Å². The van der Waals surface area contributed by atoms with Crippen LogP contribution in [0.4, 0.5) is 5.82 Å². The van der Waals surface area contributed by atoms with E-state index in [9.17, 15) is 0 Å². The van der Waals surface area contributed by atoms with Crippen molar-refractivity contribution < 1.29 is 0 Å². The smallest absolute Gasteiger partial charge is 0.137 e. The summed E-state index contributed by atoms with van der Waals surface area (Å²) in [5.74, 6) is 0.768. The van der Waals surface area contributed by atoms with E-state index in [4.69, 9.17) is 23.2 Å². The molecule has 1 unspecified atom stereocenters. The number of hydrogen-bond donors (Lipinski definition) is 1. The second-order valence-electron chi connectivity index (χ2n) is 4.78. The topological polar surface area (TPSA) is 37.8 Å². The molecule has 21 heavy (non-hydrogen) atoms. The maximum atomic E-state index is 6.17. The third-order valence-electron chi connectivity index (χ3n) is 3.34. The van der Waals surface area contributed by atoms with Gasteiger partial charge in [-0.05, 0) is 36.8 Å². The van der Waals surface area contributed by atoms with Gasteiger partial charge in [-0.1, -0.05) is 41.4 Å². The van der Waals surface area contributed by atoms with Crippen LogP contribution in [0.3, 0.4) is 0 Å². The van der Waals surface area contributed by atoms with Crippen molar-refractivity contribution in [1.29, 1.82) is 0 Å². The molecule has 0 bridgehead atoms. The molecule has 0 saturated carbocycles. The van der Waals surface area contributed by atoms with Crippen molar-refractivity contribution in [3.8, 4) is 0 Å². The van der Waals surface area contributed by atoms with Gasteiger partial charge in [0.05, 0.1) is 10.5 Å². The molecule has 106 valence electrons. The van der Waals surface area contributed by atoms with Crippen molar-refractivity contribution in [1.82, 2.24) is 9.97 Å². The number of aromatic nitrogens is 2. The Morgan fingerprint density at radius 2 is 1.76 bits per heavy atom. The number of rotatable bonds is 3. The molecule has 5 heteroatoms. The summed E-state index contributed by atoms with van der Waals surface area (Å²) in [5, 5.41) is 5.65. The van der Waals surface area contributed by atoms with Crippen LogP contribution >= 0.6 is 23.2 Å². The Bertz CT molecular complexity index is 772. The van der Waals surface area contributed by atoms with Crippen LogP contribution in [0.25, 0.3) is 10.9 Å². The zero-order chi connectivity index (χ0) is 14.8. The van der Waals surface area contributed by atoms with Gasteiger partial charge in [0.1, 0.15) is 12.1 Å². The Balaban J connectivity index is 1.94. The highest BCUT2D eigenvalue weighted by molar-refractivity contribution is 6.35. The van der Waals surface area contributed by atoms with Crippen molar-refractivity contribution in [2.24, 2.45) is 0 Å². The summed E-state index contributed by atoms with van der Waals surface area (Å²) in [5.41, 5.74) is 1.88. The first kappa shape index (κ1) is 14.1. The van der Waals surface area contributed by atoms with Gasteiger partial charge in [0.15, 0.2) is 0 Å². The van der Waals surface area contributed by atoms with Crippen molar-refractivity contribution in [2.75, 3.05) is 5.32 Å². The van der Waals surface area contributed by atoms with E-state index in [1.54, 1.807) is 0 Å². The second kappa shape index (κ2) is 5.88. The normalized spacial score (nSPS) is 12.3. The Kier molecular flexibility index (Phi) is 3.95. The number of anilines is 1. The van der Waals surface area contributed by atoms with Crippen LogP contribution in [-0.2, 0) is 0 Å². The summed E-state index contributed by atoms with van der Waals surface area (Å²) >= 11 is 12.1. The van der Waals surface area contributed by atoms with Crippen molar-refractivity contribution >= 4 is 39.9 Å². The molecule has 0 spiro atoms. The summed E-state index contributed by atoms with van der Waals surface area (Å²) in [6.07, 6.45) is 1.52. The van der Waals surface area contributed by atoms with Gasteiger partial charge in [0.25, 0.3) is 0 Å². The number of para-hydroxylation sites is 1. The summed E-state index contributed by atoms with van der Waals surface area (Å²) < 4.78 is 0. The van der Waals surface area contributed by atoms with Crippen LogP contribution in [0, 0.1) is 0 Å². The number of hydrogen-bond acceptors (Lipinski definition) is 3.